The fraction of sp³-hybridized carbons (Fsp3) is 0.889. The molecule has 1 aliphatic carbocycles. The second-order valence-electron chi connectivity index (χ2n) is 3.97. The molecule has 0 aromatic heterocycles. The Morgan fingerprint density at radius 2 is 2.09 bits per heavy atom. The van der Waals surface area contributed by atoms with E-state index in [-0.39, 0.29) is 11.0 Å². The summed E-state index contributed by atoms with van der Waals surface area (Å²) in [5.41, 5.74) is 0.119. The third-order valence-electron chi connectivity index (χ3n) is 3.13. The zero-order valence-corrected chi connectivity index (χ0v) is 7.48. The van der Waals surface area contributed by atoms with E-state index in [1.807, 2.05) is 0 Å². The lowest BCUT2D eigenvalue weighted by Gasteiger charge is -2.29. The summed E-state index contributed by atoms with van der Waals surface area (Å²) < 4.78 is 0. The van der Waals surface area contributed by atoms with Crippen LogP contribution in [0.4, 0.5) is 0 Å². The van der Waals surface area contributed by atoms with Gasteiger partial charge >= 0.3 is 0 Å². The highest BCUT2D eigenvalue weighted by Crippen LogP contribution is 2.54. The first kappa shape index (κ1) is 8.48. The van der Waals surface area contributed by atoms with E-state index >= 15 is 0 Å². The number of aliphatic imine (C=N–C) groups is 1. The molecule has 0 bridgehead atoms. The van der Waals surface area contributed by atoms with Gasteiger partial charge in [-0.25, -0.2) is 4.79 Å². The molecule has 2 heteroatoms. The van der Waals surface area contributed by atoms with Crippen LogP contribution in [0.2, 0.25) is 0 Å². The van der Waals surface area contributed by atoms with Gasteiger partial charge in [-0.15, -0.1) is 0 Å². The van der Waals surface area contributed by atoms with E-state index in [4.69, 9.17) is 0 Å². The second-order valence-corrected chi connectivity index (χ2v) is 3.97. The van der Waals surface area contributed by atoms with Crippen molar-refractivity contribution in [3.8, 4) is 0 Å². The largest absolute Gasteiger partial charge is 0.235 e. The van der Waals surface area contributed by atoms with Crippen molar-refractivity contribution in [2.75, 3.05) is 0 Å². The van der Waals surface area contributed by atoms with Crippen LogP contribution in [0, 0.1) is 5.41 Å². The zero-order chi connectivity index (χ0) is 8.54. The van der Waals surface area contributed by atoms with Crippen LogP contribution in [0.3, 0.4) is 0 Å². The van der Waals surface area contributed by atoms with E-state index in [1.165, 1.54) is 0 Å². The lowest BCUT2D eigenvalue weighted by atomic mass is 9.80. The van der Waals surface area contributed by atoms with Gasteiger partial charge in [-0.2, -0.15) is 4.99 Å². The molecular weight excluding hydrogens is 138 g/mol. The van der Waals surface area contributed by atoms with Gasteiger partial charge in [0.15, 0.2) is 0 Å². The minimum absolute atomic E-state index is 0.0521. The summed E-state index contributed by atoms with van der Waals surface area (Å²) in [5.74, 6) is 0. The monoisotopic (exact) mass is 153 g/mol. The maximum atomic E-state index is 10.1. The van der Waals surface area contributed by atoms with Crippen molar-refractivity contribution in [3.63, 3.8) is 0 Å². The lowest BCUT2D eigenvalue weighted by molar-refractivity contribution is 0.257. The molecule has 0 spiro atoms. The van der Waals surface area contributed by atoms with Crippen LogP contribution < -0.4 is 0 Å². The van der Waals surface area contributed by atoms with Crippen LogP contribution in [0.25, 0.3) is 0 Å². The van der Waals surface area contributed by atoms with Crippen LogP contribution >= 0.6 is 0 Å². The summed E-state index contributed by atoms with van der Waals surface area (Å²) >= 11 is 0. The van der Waals surface area contributed by atoms with Crippen molar-refractivity contribution >= 4 is 6.08 Å². The third kappa shape index (κ3) is 1.23. The van der Waals surface area contributed by atoms with Crippen LogP contribution in [-0.4, -0.2) is 11.6 Å². The molecule has 0 N–H and O–H groups in total. The summed E-state index contributed by atoms with van der Waals surface area (Å²) in [5, 5.41) is 0. The molecule has 0 aliphatic heterocycles. The third-order valence-corrected chi connectivity index (χ3v) is 3.13. The smallest absolute Gasteiger partial charge is 0.211 e. The molecule has 0 atom stereocenters. The molecule has 0 saturated heterocycles. The quantitative estimate of drug-likeness (QED) is 0.452. The van der Waals surface area contributed by atoms with Gasteiger partial charge in [0, 0.05) is 0 Å². The molecule has 1 aliphatic rings. The molecule has 2 nitrogen and oxygen atoms in total. The van der Waals surface area contributed by atoms with Crippen molar-refractivity contribution in [1.29, 1.82) is 0 Å². The van der Waals surface area contributed by atoms with Crippen molar-refractivity contribution in [2.45, 2.75) is 45.6 Å². The Kier molecular flexibility index (Phi) is 1.89. The predicted molar refractivity (Wildman–Crippen MR) is 44.2 cm³/mol. The summed E-state index contributed by atoms with van der Waals surface area (Å²) in [6, 6.07) is 0. The summed E-state index contributed by atoms with van der Waals surface area (Å²) in [6.45, 7) is 6.47. The Bertz CT molecular complexity index is 198. The number of hydrogen-bond donors (Lipinski definition) is 0. The topological polar surface area (TPSA) is 29.4 Å². The fourth-order valence-electron chi connectivity index (χ4n) is 1.47. The Labute approximate surface area is 67.7 Å². The van der Waals surface area contributed by atoms with Gasteiger partial charge < -0.3 is 0 Å². The molecule has 11 heavy (non-hydrogen) atoms. The SMILES string of the molecule is CCC(C)(C)C1(N=C=O)CC1. The van der Waals surface area contributed by atoms with Crippen molar-refractivity contribution in [2.24, 2.45) is 10.4 Å². The van der Waals surface area contributed by atoms with Crippen molar-refractivity contribution in [3.05, 3.63) is 0 Å². The van der Waals surface area contributed by atoms with Gasteiger partial charge in [0.2, 0.25) is 6.08 Å². The van der Waals surface area contributed by atoms with E-state index < -0.39 is 0 Å². The van der Waals surface area contributed by atoms with Crippen LogP contribution in [0.5, 0.6) is 0 Å². The van der Waals surface area contributed by atoms with Gasteiger partial charge in [0.25, 0.3) is 0 Å². The highest BCUT2D eigenvalue weighted by atomic mass is 16.1. The first-order chi connectivity index (χ1) is 5.08. The van der Waals surface area contributed by atoms with Crippen molar-refractivity contribution < 1.29 is 4.79 Å². The Balaban J connectivity index is 2.80. The predicted octanol–water partition coefficient (Wildman–Crippen LogP) is 2.29. The maximum absolute atomic E-state index is 10.1. The minimum Gasteiger partial charge on any atom is -0.211 e. The first-order valence-corrected chi connectivity index (χ1v) is 4.17. The van der Waals surface area contributed by atoms with Crippen LogP contribution in [0.15, 0.2) is 4.99 Å². The van der Waals surface area contributed by atoms with Crippen LogP contribution in [-0.2, 0) is 4.79 Å². The maximum Gasteiger partial charge on any atom is 0.235 e. The molecule has 0 aromatic carbocycles. The molecule has 0 heterocycles. The van der Waals surface area contributed by atoms with E-state index in [0.717, 1.165) is 19.3 Å². The molecule has 0 aromatic rings. The lowest BCUT2D eigenvalue weighted by Crippen LogP contribution is -2.28. The molecule has 1 rings (SSSR count). The molecule has 0 amide bonds. The molecule has 1 fully saturated rings. The standard InChI is InChI=1S/C9H15NO/c1-4-8(2,3)9(5-6-9)10-7-11/h4-6H2,1-3H3. The fourth-order valence-corrected chi connectivity index (χ4v) is 1.47. The van der Waals surface area contributed by atoms with E-state index in [0.29, 0.717) is 0 Å². The normalized spacial score (nSPS) is 20.6. The Morgan fingerprint density at radius 1 is 1.55 bits per heavy atom. The molecule has 0 radical (unpaired) electrons. The molecular formula is C9H15NO. The second kappa shape index (κ2) is 2.46. The van der Waals surface area contributed by atoms with Gasteiger partial charge in [-0.3, -0.25) is 0 Å². The van der Waals surface area contributed by atoms with Gasteiger partial charge in [0.05, 0.1) is 5.54 Å². The minimum atomic E-state index is -0.0521. The number of rotatable bonds is 3. The van der Waals surface area contributed by atoms with E-state index in [9.17, 15) is 4.79 Å². The Morgan fingerprint density at radius 3 is 2.36 bits per heavy atom. The highest BCUT2D eigenvalue weighted by Gasteiger charge is 2.53. The summed E-state index contributed by atoms with van der Waals surface area (Å²) in [6.07, 6.45) is 4.87. The molecule has 1 saturated carbocycles. The highest BCUT2D eigenvalue weighted by molar-refractivity contribution is 5.37. The summed E-state index contributed by atoms with van der Waals surface area (Å²) in [4.78, 5) is 14.0. The number of nitrogens with zero attached hydrogens (tertiary/aromatic N) is 1. The first-order valence-electron chi connectivity index (χ1n) is 4.17. The number of hydrogen-bond acceptors (Lipinski definition) is 2. The van der Waals surface area contributed by atoms with Gasteiger partial charge in [-0.05, 0) is 24.7 Å². The average Bonchev–Trinajstić information content (AvgIpc) is 2.70. The number of isocyanates is 1. The van der Waals surface area contributed by atoms with Gasteiger partial charge in [0.1, 0.15) is 0 Å². The van der Waals surface area contributed by atoms with Crippen molar-refractivity contribution in [1.82, 2.24) is 0 Å². The summed E-state index contributed by atoms with van der Waals surface area (Å²) in [7, 11) is 0. The molecule has 0 unspecified atom stereocenters. The van der Waals surface area contributed by atoms with Crippen LogP contribution in [0.1, 0.15) is 40.0 Å². The number of carbonyl (C=O) groups excluding carboxylic acids is 1. The van der Waals surface area contributed by atoms with Gasteiger partial charge in [-0.1, -0.05) is 20.8 Å². The average molecular weight is 153 g/mol. The Hall–Kier alpha value is -0.620. The van der Waals surface area contributed by atoms with E-state index in [2.05, 4.69) is 25.8 Å². The zero-order valence-electron chi connectivity index (χ0n) is 7.48. The van der Waals surface area contributed by atoms with E-state index in [1.54, 1.807) is 6.08 Å². The molecule has 62 valence electrons.